The Morgan fingerprint density at radius 3 is 2.62 bits per heavy atom. The smallest absolute Gasteiger partial charge is 0.333 e. The van der Waals surface area contributed by atoms with Gasteiger partial charge in [-0.05, 0) is 13.3 Å². The third-order valence-electron chi connectivity index (χ3n) is 4.30. The van der Waals surface area contributed by atoms with E-state index in [1.54, 1.807) is 30.0 Å². The summed E-state index contributed by atoms with van der Waals surface area (Å²) in [4.78, 5) is 20.0. The van der Waals surface area contributed by atoms with Crippen molar-refractivity contribution in [1.82, 2.24) is 19.7 Å². The highest BCUT2D eigenvalue weighted by Crippen LogP contribution is 2.31. The van der Waals surface area contributed by atoms with E-state index in [9.17, 15) is 10.1 Å². The van der Waals surface area contributed by atoms with Crippen LogP contribution in [0.25, 0.3) is 0 Å². The largest absolute Gasteiger partial charge is 0.349 e. The molecule has 3 heterocycles. The van der Waals surface area contributed by atoms with Gasteiger partial charge in [0.25, 0.3) is 0 Å². The lowest BCUT2D eigenvalue weighted by Crippen LogP contribution is -2.46. The van der Waals surface area contributed by atoms with Gasteiger partial charge in [-0.3, -0.25) is 15.0 Å². The van der Waals surface area contributed by atoms with E-state index in [0.29, 0.717) is 11.5 Å². The zero-order valence-electron chi connectivity index (χ0n) is 14.2. The van der Waals surface area contributed by atoms with E-state index in [2.05, 4.69) is 32.2 Å². The van der Waals surface area contributed by atoms with Crippen LogP contribution in [0, 0.1) is 17.0 Å². The van der Waals surface area contributed by atoms with Gasteiger partial charge in [-0.2, -0.15) is 5.10 Å². The average molecular weight is 350 g/mol. The second kappa shape index (κ2) is 6.86. The second-order valence-corrected chi connectivity index (χ2v) is 6.93. The van der Waals surface area contributed by atoms with E-state index in [-0.39, 0.29) is 10.6 Å². The van der Waals surface area contributed by atoms with E-state index in [1.165, 1.54) is 5.01 Å². The minimum absolute atomic E-state index is 0.123. The SMILES string of the molecule is CCc1nc(CN2CCN(c3c([N+](=O)[O-])c(C)nn3C)CC2)cs1. The van der Waals surface area contributed by atoms with Crippen molar-refractivity contribution < 1.29 is 4.92 Å². The highest BCUT2D eigenvalue weighted by Gasteiger charge is 2.30. The summed E-state index contributed by atoms with van der Waals surface area (Å²) in [5.41, 5.74) is 1.71. The number of aromatic nitrogens is 3. The number of hydrogen-bond acceptors (Lipinski definition) is 7. The Labute approximate surface area is 144 Å². The Morgan fingerprint density at radius 2 is 2.04 bits per heavy atom. The first-order valence-corrected chi connectivity index (χ1v) is 8.96. The molecule has 0 aromatic carbocycles. The van der Waals surface area contributed by atoms with E-state index in [1.807, 2.05) is 0 Å². The van der Waals surface area contributed by atoms with E-state index in [0.717, 1.165) is 44.8 Å². The zero-order valence-corrected chi connectivity index (χ0v) is 15.0. The molecule has 8 nitrogen and oxygen atoms in total. The number of nitrogens with zero attached hydrogens (tertiary/aromatic N) is 6. The van der Waals surface area contributed by atoms with Crippen LogP contribution in [0.4, 0.5) is 11.5 Å². The van der Waals surface area contributed by atoms with Crippen LogP contribution < -0.4 is 4.90 Å². The molecule has 0 saturated carbocycles. The molecule has 0 aliphatic carbocycles. The molecule has 24 heavy (non-hydrogen) atoms. The van der Waals surface area contributed by atoms with Crippen molar-refractivity contribution in [3.8, 4) is 0 Å². The van der Waals surface area contributed by atoms with Gasteiger partial charge < -0.3 is 4.90 Å². The fraction of sp³-hybridized carbons (Fsp3) is 0.600. The van der Waals surface area contributed by atoms with Crippen LogP contribution in [0.3, 0.4) is 0 Å². The third-order valence-corrected chi connectivity index (χ3v) is 5.34. The minimum Gasteiger partial charge on any atom is -0.349 e. The molecule has 0 atom stereocenters. The van der Waals surface area contributed by atoms with E-state index in [4.69, 9.17) is 0 Å². The Balaban J connectivity index is 1.66. The van der Waals surface area contributed by atoms with Gasteiger partial charge in [0, 0.05) is 45.2 Å². The van der Waals surface area contributed by atoms with Crippen LogP contribution >= 0.6 is 11.3 Å². The summed E-state index contributed by atoms with van der Waals surface area (Å²) in [5.74, 6) is 0.610. The van der Waals surface area contributed by atoms with E-state index < -0.39 is 0 Å². The Kier molecular flexibility index (Phi) is 4.81. The standard InChI is InChI=1S/C15H22N6O2S/c1-4-13-16-12(10-24-13)9-19-5-7-20(8-6-19)15-14(21(22)23)11(2)17-18(15)3/h10H,4-9H2,1-3H3. The molecule has 0 radical (unpaired) electrons. The van der Waals surface area contributed by atoms with Gasteiger partial charge in [-0.1, -0.05) is 6.92 Å². The predicted molar refractivity (Wildman–Crippen MR) is 93.6 cm³/mol. The van der Waals surface area contributed by atoms with Gasteiger partial charge in [-0.15, -0.1) is 11.3 Å². The van der Waals surface area contributed by atoms with Gasteiger partial charge in [0.05, 0.1) is 15.6 Å². The molecule has 0 spiro atoms. The summed E-state index contributed by atoms with van der Waals surface area (Å²) in [6, 6.07) is 0. The molecule has 0 unspecified atom stereocenters. The summed E-state index contributed by atoms with van der Waals surface area (Å²) < 4.78 is 1.62. The number of hydrogen-bond donors (Lipinski definition) is 0. The van der Waals surface area contributed by atoms with Crippen LogP contribution in [0.2, 0.25) is 0 Å². The van der Waals surface area contributed by atoms with Gasteiger partial charge in [-0.25, -0.2) is 9.67 Å². The number of rotatable bonds is 5. The van der Waals surface area contributed by atoms with Crippen LogP contribution in [0.1, 0.15) is 23.3 Å². The predicted octanol–water partition coefficient (Wildman–Crippen LogP) is 1.98. The Bertz CT molecular complexity index is 732. The number of piperazine rings is 1. The van der Waals surface area contributed by atoms with Crippen LogP contribution in [0.5, 0.6) is 0 Å². The normalized spacial score (nSPS) is 15.9. The molecule has 2 aromatic heterocycles. The summed E-state index contributed by atoms with van der Waals surface area (Å²) >= 11 is 1.71. The molecule has 2 aromatic rings. The first kappa shape index (κ1) is 16.8. The van der Waals surface area contributed by atoms with Gasteiger partial charge in [0.15, 0.2) is 0 Å². The maximum atomic E-state index is 11.3. The van der Waals surface area contributed by atoms with Crippen LogP contribution in [0.15, 0.2) is 5.38 Å². The average Bonchev–Trinajstić information content (AvgIpc) is 3.11. The molecular weight excluding hydrogens is 328 g/mol. The van der Waals surface area contributed by atoms with Crippen molar-refractivity contribution >= 4 is 22.8 Å². The van der Waals surface area contributed by atoms with Crippen molar-refractivity contribution in [2.45, 2.75) is 26.8 Å². The molecule has 1 aliphatic heterocycles. The number of anilines is 1. The third kappa shape index (κ3) is 3.27. The lowest BCUT2D eigenvalue weighted by molar-refractivity contribution is -0.384. The fourth-order valence-electron chi connectivity index (χ4n) is 3.13. The highest BCUT2D eigenvalue weighted by molar-refractivity contribution is 7.09. The van der Waals surface area contributed by atoms with Crippen molar-refractivity contribution in [1.29, 1.82) is 0 Å². The highest BCUT2D eigenvalue weighted by atomic mass is 32.1. The summed E-state index contributed by atoms with van der Waals surface area (Å²) in [7, 11) is 1.77. The Morgan fingerprint density at radius 1 is 1.33 bits per heavy atom. The first-order valence-electron chi connectivity index (χ1n) is 8.08. The summed E-state index contributed by atoms with van der Waals surface area (Å²) in [6.07, 6.45) is 0.974. The lowest BCUT2D eigenvalue weighted by atomic mass is 10.2. The molecule has 1 saturated heterocycles. The molecule has 0 amide bonds. The Hall–Kier alpha value is -2.00. The lowest BCUT2D eigenvalue weighted by Gasteiger charge is -2.34. The maximum Gasteiger partial charge on any atom is 0.333 e. The molecule has 130 valence electrons. The summed E-state index contributed by atoms with van der Waals surface area (Å²) in [6.45, 7) is 7.88. The molecule has 3 rings (SSSR count). The number of thiazole rings is 1. The van der Waals surface area contributed by atoms with E-state index >= 15 is 0 Å². The second-order valence-electron chi connectivity index (χ2n) is 5.99. The quantitative estimate of drug-likeness (QED) is 0.606. The van der Waals surface area contributed by atoms with Gasteiger partial charge in [0.1, 0.15) is 5.69 Å². The number of aryl methyl sites for hydroxylation is 3. The molecule has 9 heteroatoms. The van der Waals surface area contributed by atoms with Gasteiger partial charge in [0.2, 0.25) is 5.82 Å². The summed E-state index contributed by atoms with van der Waals surface area (Å²) in [5, 5.41) is 18.9. The van der Waals surface area contributed by atoms with Crippen molar-refractivity contribution in [3.05, 3.63) is 31.9 Å². The van der Waals surface area contributed by atoms with Gasteiger partial charge >= 0.3 is 5.69 Å². The van der Waals surface area contributed by atoms with Crippen molar-refractivity contribution in [2.24, 2.45) is 7.05 Å². The fourth-order valence-corrected chi connectivity index (χ4v) is 3.87. The molecule has 0 N–H and O–H groups in total. The first-order chi connectivity index (χ1) is 11.5. The molecule has 1 fully saturated rings. The van der Waals surface area contributed by atoms with Crippen LogP contribution in [-0.4, -0.2) is 50.8 Å². The zero-order chi connectivity index (χ0) is 17.3. The van der Waals surface area contributed by atoms with Crippen LogP contribution in [-0.2, 0) is 20.0 Å². The molecular formula is C15H22N6O2S. The van der Waals surface area contributed by atoms with Crippen molar-refractivity contribution in [2.75, 3.05) is 31.1 Å². The molecule has 0 bridgehead atoms. The number of nitro groups is 1. The minimum atomic E-state index is -0.328. The topological polar surface area (TPSA) is 80.3 Å². The monoisotopic (exact) mass is 350 g/mol. The maximum absolute atomic E-state index is 11.3. The molecule has 1 aliphatic rings. The van der Waals surface area contributed by atoms with Crippen molar-refractivity contribution in [3.63, 3.8) is 0 Å².